The average molecular weight is 438 g/mol. The van der Waals surface area contributed by atoms with Crippen LogP contribution in [0.2, 0.25) is 5.02 Å². The first-order chi connectivity index (χ1) is 9.90. The molecule has 1 saturated heterocycles. The second-order valence-corrected chi connectivity index (χ2v) is 8.15. The third-order valence-corrected chi connectivity index (χ3v) is 7.06. The smallest absolute Gasteiger partial charge is 0.237 e. The highest BCUT2D eigenvalue weighted by atomic mass is 79.9. The minimum Gasteiger partial charge on any atom is -0.506 e. The molecule has 7 heteroatoms. The van der Waals surface area contributed by atoms with Gasteiger partial charge in [-0.3, -0.25) is 9.59 Å². The topological polar surface area (TPSA) is 57.6 Å². The number of hydrogen-bond acceptors (Lipinski definition) is 3. The van der Waals surface area contributed by atoms with E-state index in [9.17, 15) is 14.7 Å². The van der Waals surface area contributed by atoms with Gasteiger partial charge in [0.15, 0.2) is 0 Å². The Labute approximate surface area is 143 Å². The van der Waals surface area contributed by atoms with Gasteiger partial charge in [0, 0.05) is 14.7 Å². The van der Waals surface area contributed by atoms with Crippen molar-refractivity contribution in [1.29, 1.82) is 0 Å². The van der Waals surface area contributed by atoms with Crippen LogP contribution in [-0.4, -0.2) is 26.6 Å². The van der Waals surface area contributed by atoms with E-state index in [2.05, 4.69) is 31.9 Å². The first kappa shape index (κ1) is 15.3. The van der Waals surface area contributed by atoms with Gasteiger partial charge < -0.3 is 5.11 Å². The maximum absolute atomic E-state index is 12.6. The number of fused-ring (bicyclic) bond motifs is 1. The Balaban J connectivity index is 2.00. The highest BCUT2D eigenvalue weighted by Crippen LogP contribution is 2.46. The van der Waals surface area contributed by atoms with E-state index in [4.69, 9.17) is 11.6 Å². The van der Waals surface area contributed by atoms with Crippen molar-refractivity contribution in [3.63, 3.8) is 0 Å². The summed E-state index contributed by atoms with van der Waals surface area (Å²) in [5.41, 5.74) is 0.171. The molecule has 2 aliphatic rings. The lowest BCUT2D eigenvalue weighted by atomic mass is 9.81. The Morgan fingerprint density at radius 3 is 2.14 bits per heavy atom. The van der Waals surface area contributed by atoms with Gasteiger partial charge in [-0.05, 0) is 31.0 Å². The lowest BCUT2D eigenvalue weighted by molar-refractivity contribution is -0.122. The minimum atomic E-state index is -0.339. The predicted octanol–water partition coefficient (Wildman–Crippen LogP) is 3.47. The zero-order valence-electron chi connectivity index (χ0n) is 10.8. The van der Waals surface area contributed by atoms with Gasteiger partial charge in [0.25, 0.3) is 0 Å². The predicted molar refractivity (Wildman–Crippen MR) is 87.3 cm³/mol. The molecule has 1 heterocycles. The number of hydrogen-bond donors (Lipinski definition) is 1. The van der Waals surface area contributed by atoms with Gasteiger partial charge in [0.1, 0.15) is 5.75 Å². The molecule has 21 heavy (non-hydrogen) atoms. The SMILES string of the molecule is O=C1[C@H]2C[C@H](Br)[C@H](Br)C[C@H]2C(=O)N1c1cc(Cl)ccc1O. The van der Waals surface area contributed by atoms with Crippen LogP contribution in [0.5, 0.6) is 5.75 Å². The third-order valence-electron chi connectivity index (χ3n) is 4.09. The fourth-order valence-corrected chi connectivity index (χ4v) is 4.41. The number of phenols is 1. The summed E-state index contributed by atoms with van der Waals surface area (Å²) in [4.78, 5) is 26.6. The number of imide groups is 1. The zero-order valence-corrected chi connectivity index (χ0v) is 14.7. The van der Waals surface area contributed by atoms with Gasteiger partial charge >= 0.3 is 0 Å². The molecular formula is C14H12Br2ClNO3. The largest absolute Gasteiger partial charge is 0.506 e. The number of alkyl halides is 2. The van der Waals surface area contributed by atoms with Crippen LogP contribution in [0, 0.1) is 11.8 Å². The molecule has 0 spiro atoms. The summed E-state index contributed by atoms with van der Waals surface area (Å²) in [5, 5.41) is 10.3. The molecular weight excluding hydrogens is 425 g/mol. The third kappa shape index (κ3) is 2.51. The summed E-state index contributed by atoms with van der Waals surface area (Å²) in [5.74, 6) is -1.31. The molecule has 4 nitrogen and oxygen atoms in total. The minimum absolute atomic E-state index is 0.120. The summed E-state index contributed by atoms with van der Waals surface area (Å²) >= 11 is 13.0. The summed E-state index contributed by atoms with van der Waals surface area (Å²) < 4.78 is 0. The first-order valence-electron chi connectivity index (χ1n) is 6.54. The van der Waals surface area contributed by atoms with Crippen LogP contribution in [0.1, 0.15) is 12.8 Å². The monoisotopic (exact) mass is 435 g/mol. The fourth-order valence-electron chi connectivity index (χ4n) is 3.01. The van der Waals surface area contributed by atoms with E-state index in [1.165, 1.54) is 18.2 Å². The molecule has 0 unspecified atom stereocenters. The number of amides is 2. The number of anilines is 1. The Kier molecular flexibility index (Phi) is 4.05. The van der Waals surface area contributed by atoms with Crippen molar-refractivity contribution in [2.24, 2.45) is 11.8 Å². The molecule has 1 saturated carbocycles. The molecule has 1 N–H and O–H groups in total. The normalized spacial score (nSPS) is 32.4. The van der Waals surface area contributed by atoms with Gasteiger partial charge in [0.2, 0.25) is 11.8 Å². The van der Waals surface area contributed by atoms with Crippen LogP contribution in [0.3, 0.4) is 0 Å². The zero-order chi connectivity index (χ0) is 15.3. The molecule has 1 aliphatic carbocycles. The van der Waals surface area contributed by atoms with Crippen molar-refractivity contribution >= 4 is 61.0 Å². The number of phenolic OH excluding ortho intramolecular Hbond substituents is 1. The van der Waals surface area contributed by atoms with E-state index in [0.717, 1.165) is 4.90 Å². The van der Waals surface area contributed by atoms with Gasteiger partial charge in [-0.25, -0.2) is 4.90 Å². The Bertz CT molecular complexity index is 596. The van der Waals surface area contributed by atoms with E-state index >= 15 is 0 Å². The van der Waals surface area contributed by atoms with E-state index < -0.39 is 0 Å². The quantitative estimate of drug-likeness (QED) is 0.541. The molecule has 0 radical (unpaired) electrons. The molecule has 0 aromatic heterocycles. The van der Waals surface area contributed by atoms with Crippen molar-refractivity contribution in [3.8, 4) is 5.75 Å². The van der Waals surface area contributed by atoms with E-state index in [1.54, 1.807) is 0 Å². The molecule has 2 amide bonds. The number of carbonyl (C=O) groups is 2. The highest BCUT2D eigenvalue weighted by Gasteiger charge is 2.52. The van der Waals surface area contributed by atoms with Crippen molar-refractivity contribution in [3.05, 3.63) is 23.2 Å². The van der Waals surface area contributed by atoms with Crippen LogP contribution in [0.15, 0.2) is 18.2 Å². The second-order valence-electron chi connectivity index (χ2n) is 5.36. The molecule has 2 fully saturated rings. The number of carbonyl (C=O) groups excluding carboxylic acids is 2. The van der Waals surface area contributed by atoms with Crippen molar-refractivity contribution in [1.82, 2.24) is 0 Å². The molecule has 3 rings (SSSR count). The summed E-state index contributed by atoms with van der Waals surface area (Å²) in [6, 6.07) is 4.35. The number of benzene rings is 1. The fraction of sp³-hybridized carbons (Fsp3) is 0.429. The first-order valence-corrected chi connectivity index (χ1v) is 8.75. The molecule has 4 atom stereocenters. The lowest BCUT2D eigenvalue weighted by Gasteiger charge is -2.29. The molecule has 1 aromatic carbocycles. The Morgan fingerprint density at radius 2 is 1.62 bits per heavy atom. The Morgan fingerprint density at radius 1 is 1.10 bits per heavy atom. The standard InChI is InChI=1S/C14H12Br2ClNO3/c15-9-4-7-8(5-10(9)16)14(21)18(13(7)20)11-3-6(17)1-2-12(11)19/h1-3,7-10,19H,4-5H2/t7-,8+,9-,10+. The van der Waals surface area contributed by atoms with Crippen LogP contribution in [0.4, 0.5) is 5.69 Å². The van der Waals surface area contributed by atoms with Crippen molar-refractivity contribution in [2.45, 2.75) is 22.5 Å². The number of nitrogens with zero attached hydrogens (tertiary/aromatic N) is 1. The maximum atomic E-state index is 12.6. The lowest BCUT2D eigenvalue weighted by Crippen LogP contribution is -2.34. The van der Waals surface area contributed by atoms with Crippen LogP contribution in [-0.2, 0) is 9.59 Å². The molecule has 112 valence electrons. The van der Waals surface area contributed by atoms with Crippen LogP contribution < -0.4 is 4.90 Å². The molecule has 1 aromatic rings. The maximum Gasteiger partial charge on any atom is 0.237 e. The summed E-state index contributed by atoms with van der Waals surface area (Å²) in [7, 11) is 0. The van der Waals surface area contributed by atoms with E-state index in [0.29, 0.717) is 17.9 Å². The summed E-state index contributed by atoms with van der Waals surface area (Å²) in [6.07, 6.45) is 1.20. The average Bonchev–Trinajstić information content (AvgIpc) is 2.66. The molecule has 0 bridgehead atoms. The van der Waals surface area contributed by atoms with E-state index in [-0.39, 0.29) is 44.7 Å². The van der Waals surface area contributed by atoms with Crippen molar-refractivity contribution < 1.29 is 14.7 Å². The van der Waals surface area contributed by atoms with E-state index in [1.807, 2.05) is 0 Å². The van der Waals surface area contributed by atoms with Gasteiger partial charge in [-0.1, -0.05) is 43.5 Å². The second kappa shape index (κ2) is 5.56. The van der Waals surface area contributed by atoms with Crippen LogP contribution >= 0.6 is 43.5 Å². The van der Waals surface area contributed by atoms with Crippen LogP contribution in [0.25, 0.3) is 0 Å². The number of rotatable bonds is 1. The van der Waals surface area contributed by atoms with Gasteiger partial charge in [-0.15, -0.1) is 0 Å². The van der Waals surface area contributed by atoms with Crippen molar-refractivity contribution in [2.75, 3.05) is 4.90 Å². The van der Waals surface area contributed by atoms with Gasteiger partial charge in [-0.2, -0.15) is 0 Å². The number of aromatic hydroxyl groups is 1. The molecule has 1 aliphatic heterocycles. The summed E-state index contributed by atoms with van der Waals surface area (Å²) in [6.45, 7) is 0. The Hall–Kier alpha value is -0.590. The number of halogens is 3. The van der Waals surface area contributed by atoms with Gasteiger partial charge in [0.05, 0.1) is 17.5 Å². The highest BCUT2D eigenvalue weighted by molar-refractivity contribution is 9.12.